The van der Waals surface area contributed by atoms with Crippen LogP contribution in [0.5, 0.6) is 11.5 Å². The third-order valence-electron chi connectivity index (χ3n) is 6.21. The summed E-state index contributed by atoms with van der Waals surface area (Å²) in [5.41, 5.74) is -2.34. The highest BCUT2D eigenvalue weighted by Crippen LogP contribution is 2.39. The molecule has 1 unspecified atom stereocenters. The minimum Gasteiger partial charge on any atom is -0.454 e. The molecule has 2 amide bonds. The molecule has 0 aromatic heterocycles. The van der Waals surface area contributed by atoms with Crippen LogP contribution in [0.4, 0.5) is 26.3 Å². The summed E-state index contributed by atoms with van der Waals surface area (Å²) in [7, 11) is 0. The lowest BCUT2D eigenvalue weighted by Crippen LogP contribution is -2.38. The summed E-state index contributed by atoms with van der Waals surface area (Å²) in [5, 5.41) is 2.69. The first kappa shape index (κ1) is 25.4. The molecule has 5 rings (SSSR count). The van der Waals surface area contributed by atoms with E-state index in [4.69, 9.17) is 9.47 Å². The summed E-state index contributed by atoms with van der Waals surface area (Å²) in [4.78, 5) is 27.4. The number of nitrogens with zero attached hydrogens (tertiary/aromatic N) is 1. The number of hydrogen-bond acceptors (Lipinski definition) is 4. The van der Waals surface area contributed by atoms with E-state index in [2.05, 4.69) is 5.32 Å². The van der Waals surface area contributed by atoms with E-state index in [0.717, 1.165) is 4.90 Å². The lowest BCUT2D eigenvalue weighted by molar-refractivity contribution is -0.143. The van der Waals surface area contributed by atoms with E-state index in [1.165, 1.54) is 12.1 Å². The number of rotatable bonds is 5. The van der Waals surface area contributed by atoms with Crippen molar-refractivity contribution in [1.29, 1.82) is 0 Å². The van der Waals surface area contributed by atoms with Gasteiger partial charge in [0.05, 0.1) is 11.1 Å². The number of fused-ring (bicyclic) bond motifs is 2. The molecular weight excluding hydrogens is 518 g/mol. The van der Waals surface area contributed by atoms with Crippen molar-refractivity contribution in [3.05, 3.63) is 94.0 Å². The Morgan fingerprint density at radius 1 is 0.868 bits per heavy atom. The third kappa shape index (κ3) is 4.85. The van der Waals surface area contributed by atoms with Crippen LogP contribution in [0, 0.1) is 0 Å². The monoisotopic (exact) mass is 536 g/mol. The Hall–Kier alpha value is -4.22. The second kappa shape index (κ2) is 9.26. The molecule has 0 aliphatic carbocycles. The van der Waals surface area contributed by atoms with Gasteiger partial charge in [-0.3, -0.25) is 9.59 Å². The van der Waals surface area contributed by atoms with E-state index in [0.29, 0.717) is 34.8 Å². The molecule has 2 aliphatic heterocycles. The fraction of sp³-hybridized carbons (Fsp3) is 0.231. The normalized spacial score (nSPS) is 16.5. The predicted octanol–water partition coefficient (Wildman–Crippen LogP) is 5.47. The van der Waals surface area contributed by atoms with Crippen LogP contribution in [-0.2, 0) is 30.2 Å². The average molecular weight is 536 g/mol. The van der Waals surface area contributed by atoms with Crippen LogP contribution in [-0.4, -0.2) is 23.5 Å². The van der Waals surface area contributed by atoms with Crippen molar-refractivity contribution in [3.63, 3.8) is 0 Å². The van der Waals surface area contributed by atoms with E-state index in [1.807, 2.05) is 0 Å². The fourth-order valence-electron chi connectivity index (χ4n) is 4.46. The van der Waals surface area contributed by atoms with Crippen LogP contribution in [0.3, 0.4) is 0 Å². The van der Waals surface area contributed by atoms with Crippen molar-refractivity contribution in [2.75, 3.05) is 6.79 Å². The fourth-order valence-corrected chi connectivity index (χ4v) is 4.46. The second-order valence-corrected chi connectivity index (χ2v) is 8.74. The second-order valence-electron chi connectivity index (χ2n) is 8.74. The number of carbonyl (C=O) groups is 2. The van der Waals surface area contributed by atoms with Crippen molar-refractivity contribution in [3.8, 4) is 11.5 Å². The summed E-state index contributed by atoms with van der Waals surface area (Å²) in [6, 6.07) is 11.0. The van der Waals surface area contributed by atoms with Gasteiger partial charge in [0.25, 0.3) is 5.91 Å². The van der Waals surface area contributed by atoms with Crippen LogP contribution < -0.4 is 14.8 Å². The molecule has 198 valence electrons. The van der Waals surface area contributed by atoms with Gasteiger partial charge >= 0.3 is 12.4 Å². The van der Waals surface area contributed by atoms with Crippen LogP contribution in [0.1, 0.15) is 44.2 Å². The average Bonchev–Trinajstić information content (AvgIpc) is 3.44. The van der Waals surface area contributed by atoms with Crippen molar-refractivity contribution in [2.24, 2.45) is 0 Å². The van der Waals surface area contributed by atoms with Crippen LogP contribution in [0.2, 0.25) is 0 Å². The Labute approximate surface area is 211 Å². The van der Waals surface area contributed by atoms with Gasteiger partial charge in [-0.15, -0.1) is 0 Å². The minimum atomic E-state index is -5.05. The topological polar surface area (TPSA) is 67.9 Å². The van der Waals surface area contributed by atoms with Crippen LogP contribution in [0.25, 0.3) is 0 Å². The zero-order valence-electron chi connectivity index (χ0n) is 19.3. The Bertz CT molecular complexity index is 1390. The lowest BCUT2D eigenvalue weighted by Gasteiger charge is -2.25. The third-order valence-corrected chi connectivity index (χ3v) is 6.21. The first-order valence-corrected chi connectivity index (χ1v) is 11.3. The Balaban J connectivity index is 1.44. The molecule has 6 nitrogen and oxygen atoms in total. The molecule has 1 N–H and O–H groups in total. The summed E-state index contributed by atoms with van der Waals surface area (Å²) in [6.07, 6.45) is -10.1. The first-order chi connectivity index (χ1) is 17.9. The molecule has 0 bridgehead atoms. The zero-order valence-corrected chi connectivity index (χ0v) is 19.3. The summed E-state index contributed by atoms with van der Waals surface area (Å²) in [6.45, 7) is -0.562. The molecule has 0 radical (unpaired) electrons. The van der Waals surface area contributed by atoms with Gasteiger partial charge in [-0.1, -0.05) is 24.3 Å². The van der Waals surface area contributed by atoms with E-state index < -0.39 is 53.4 Å². The van der Waals surface area contributed by atoms with Crippen LogP contribution in [0.15, 0.2) is 60.7 Å². The number of carbonyl (C=O) groups excluding carboxylic acids is 2. The molecular formula is C26H18F6N2O4. The number of hydrogen-bond donors (Lipinski definition) is 1. The number of halogens is 6. The largest absolute Gasteiger partial charge is 0.454 e. The predicted molar refractivity (Wildman–Crippen MR) is 120 cm³/mol. The van der Waals surface area contributed by atoms with Gasteiger partial charge in [-0.25, -0.2) is 0 Å². The lowest BCUT2D eigenvalue weighted by atomic mass is 10.0. The minimum absolute atomic E-state index is 0.0135. The molecule has 2 aliphatic rings. The number of amides is 2. The maximum Gasteiger partial charge on any atom is 0.416 e. The van der Waals surface area contributed by atoms with E-state index in [-0.39, 0.29) is 25.0 Å². The molecule has 12 heteroatoms. The maximum atomic E-state index is 13.4. The summed E-state index contributed by atoms with van der Waals surface area (Å²) >= 11 is 0. The van der Waals surface area contributed by atoms with Gasteiger partial charge in [0, 0.05) is 18.7 Å². The number of ether oxygens (including phenoxy) is 2. The number of nitrogens with one attached hydrogen (secondary N) is 1. The van der Waals surface area contributed by atoms with Crippen molar-refractivity contribution in [1.82, 2.24) is 10.2 Å². The number of alkyl halides is 6. The van der Waals surface area contributed by atoms with Crippen LogP contribution >= 0.6 is 0 Å². The summed E-state index contributed by atoms with van der Waals surface area (Å²) in [5.74, 6) is -0.301. The van der Waals surface area contributed by atoms with Crippen molar-refractivity contribution >= 4 is 11.8 Å². The highest BCUT2D eigenvalue weighted by molar-refractivity contribution is 6.04. The van der Waals surface area contributed by atoms with E-state index >= 15 is 0 Å². The van der Waals surface area contributed by atoms with Crippen molar-refractivity contribution in [2.45, 2.75) is 31.5 Å². The van der Waals surface area contributed by atoms with Gasteiger partial charge in [-0.05, 0) is 53.1 Å². The Morgan fingerprint density at radius 3 is 2.21 bits per heavy atom. The van der Waals surface area contributed by atoms with Crippen molar-refractivity contribution < 1.29 is 45.4 Å². The SMILES string of the molecule is O=C(NCc1ccc2c(c1)OCO2)C1c2ccccc2C(=O)N1Cc1cc(C(F)(F)F)cc(C(F)(F)F)c1. The highest BCUT2D eigenvalue weighted by Gasteiger charge is 2.42. The standard InChI is InChI=1S/C26H18F6N2O4/c27-25(28,29)16-7-15(8-17(10-16)26(30,31)32)12-34-22(18-3-1-2-4-19(18)24(34)36)23(35)33-11-14-5-6-20-21(9-14)38-13-37-20/h1-10,22H,11-13H2,(H,33,35). The smallest absolute Gasteiger partial charge is 0.416 e. The Kier molecular flexibility index (Phi) is 6.20. The van der Waals surface area contributed by atoms with Gasteiger partial charge in [0.1, 0.15) is 6.04 Å². The van der Waals surface area contributed by atoms with Gasteiger partial charge < -0.3 is 19.7 Å². The molecule has 3 aromatic carbocycles. The maximum absolute atomic E-state index is 13.4. The molecule has 1 atom stereocenters. The molecule has 0 saturated carbocycles. The molecule has 3 aromatic rings. The molecule has 2 heterocycles. The van der Waals surface area contributed by atoms with E-state index in [1.54, 1.807) is 30.3 Å². The van der Waals surface area contributed by atoms with Gasteiger partial charge in [0.15, 0.2) is 11.5 Å². The Morgan fingerprint density at radius 2 is 1.53 bits per heavy atom. The molecule has 0 fully saturated rings. The van der Waals surface area contributed by atoms with Gasteiger partial charge in [0.2, 0.25) is 12.7 Å². The zero-order chi connectivity index (χ0) is 27.2. The number of benzene rings is 3. The molecule has 38 heavy (non-hydrogen) atoms. The van der Waals surface area contributed by atoms with E-state index in [9.17, 15) is 35.9 Å². The molecule has 0 spiro atoms. The first-order valence-electron chi connectivity index (χ1n) is 11.3. The quantitative estimate of drug-likeness (QED) is 0.440. The highest BCUT2D eigenvalue weighted by atomic mass is 19.4. The molecule has 0 saturated heterocycles. The summed E-state index contributed by atoms with van der Waals surface area (Å²) < 4.78 is 90.7. The van der Waals surface area contributed by atoms with Gasteiger partial charge in [-0.2, -0.15) is 26.3 Å².